The number of piperidine rings is 1. The molecule has 1 fully saturated rings. The van der Waals surface area contributed by atoms with Crippen LogP contribution in [0.3, 0.4) is 0 Å². The molecule has 0 aromatic heterocycles. The highest BCUT2D eigenvalue weighted by Crippen LogP contribution is 2.21. The van der Waals surface area contributed by atoms with Gasteiger partial charge in [0.05, 0.1) is 10.6 Å². The Morgan fingerprint density at radius 3 is 2.95 bits per heavy atom. The van der Waals surface area contributed by atoms with Gasteiger partial charge >= 0.3 is 0 Å². The van der Waals surface area contributed by atoms with Gasteiger partial charge in [-0.3, -0.25) is 9.59 Å². The van der Waals surface area contributed by atoms with Crippen LogP contribution in [0, 0.1) is 0 Å². The van der Waals surface area contributed by atoms with E-state index in [1.165, 1.54) is 18.2 Å². The van der Waals surface area contributed by atoms with Crippen LogP contribution in [0.25, 0.3) is 0 Å². The van der Waals surface area contributed by atoms with Gasteiger partial charge in [0, 0.05) is 26.1 Å². The zero-order valence-corrected chi connectivity index (χ0v) is 11.3. The summed E-state index contributed by atoms with van der Waals surface area (Å²) in [6.45, 7) is 0.487. The number of amides is 2. The number of halogens is 1. The van der Waals surface area contributed by atoms with Gasteiger partial charge < -0.3 is 15.3 Å². The summed E-state index contributed by atoms with van der Waals surface area (Å²) >= 11 is 5.92. The Kier molecular flexibility index (Phi) is 3.95. The second kappa shape index (κ2) is 5.48. The van der Waals surface area contributed by atoms with Gasteiger partial charge in [0.25, 0.3) is 5.91 Å². The highest BCUT2D eigenvalue weighted by atomic mass is 35.5. The Morgan fingerprint density at radius 2 is 2.26 bits per heavy atom. The Hall–Kier alpha value is -1.75. The lowest BCUT2D eigenvalue weighted by Gasteiger charge is -2.30. The fourth-order valence-electron chi connectivity index (χ4n) is 2.08. The van der Waals surface area contributed by atoms with Crippen LogP contribution >= 0.6 is 11.6 Å². The van der Waals surface area contributed by atoms with Gasteiger partial charge in [-0.25, -0.2) is 0 Å². The second-order valence-electron chi connectivity index (χ2n) is 4.65. The van der Waals surface area contributed by atoms with E-state index in [4.69, 9.17) is 11.6 Å². The molecular weight excluding hydrogens is 268 g/mol. The van der Waals surface area contributed by atoms with Crippen molar-refractivity contribution < 1.29 is 14.7 Å². The van der Waals surface area contributed by atoms with Crippen molar-refractivity contribution in [3.8, 4) is 5.75 Å². The summed E-state index contributed by atoms with van der Waals surface area (Å²) < 4.78 is 0. The fourth-order valence-corrected chi connectivity index (χ4v) is 2.28. The number of rotatable bonds is 2. The molecule has 0 aliphatic carbocycles. The van der Waals surface area contributed by atoms with Crippen molar-refractivity contribution in [2.45, 2.75) is 18.9 Å². The largest absolute Gasteiger partial charge is 0.508 e. The SMILES string of the molecule is CN1CC(NC(=O)c2cc(O)ccc2Cl)CCC1=O. The van der Waals surface area contributed by atoms with Gasteiger partial charge in [0.15, 0.2) is 0 Å². The van der Waals surface area contributed by atoms with Crippen molar-refractivity contribution in [1.29, 1.82) is 0 Å². The van der Waals surface area contributed by atoms with Gasteiger partial charge in [0.1, 0.15) is 5.75 Å². The highest BCUT2D eigenvalue weighted by molar-refractivity contribution is 6.33. The zero-order valence-electron chi connectivity index (χ0n) is 10.5. The molecule has 1 unspecified atom stereocenters. The minimum absolute atomic E-state index is 0.00881. The monoisotopic (exact) mass is 282 g/mol. The summed E-state index contributed by atoms with van der Waals surface area (Å²) in [4.78, 5) is 25.0. The summed E-state index contributed by atoms with van der Waals surface area (Å²) in [5.41, 5.74) is 0.237. The molecule has 2 rings (SSSR count). The van der Waals surface area contributed by atoms with E-state index in [0.717, 1.165) is 0 Å². The van der Waals surface area contributed by atoms with E-state index < -0.39 is 0 Å². The summed E-state index contributed by atoms with van der Waals surface area (Å²) in [5, 5.41) is 12.5. The quantitative estimate of drug-likeness (QED) is 0.861. The number of nitrogens with one attached hydrogen (secondary N) is 1. The topological polar surface area (TPSA) is 69.6 Å². The van der Waals surface area contributed by atoms with Crippen LogP contribution < -0.4 is 5.32 Å². The van der Waals surface area contributed by atoms with E-state index in [1.807, 2.05) is 0 Å². The molecule has 0 bridgehead atoms. The molecule has 2 N–H and O–H groups in total. The molecule has 1 aromatic rings. The van der Waals surface area contributed by atoms with Crippen molar-refractivity contribution in [2.75, 3.05) is 13.6 Å². The van der Waals surface area contributed by atoms with Crippen molar-refractivity contribution in [3.05, 3.63) is 28.8 Å². The van der Waals surface area contributed by atoms with Crippen molar-refractivity contribution >= 4 is 23.4 Å². The maximum Gasteiger partial charge on any atom is 0.253 e. The van der Waals surface area contributed by atoms with Crippen LogP contribution in [0.15, 0.2) is 18.2 Å². The first-order chi connectivity index (χ1) is 8.97. The number of likely N-dealkylation sites (tertiary alicyclic amines) is 1. The molecule has 1 aromatic carbocycles. The molecule has 0 saturated carbocycles. The maximum absolute atomic E-state index is 12.1. The van der Waals surface area contributed by atoms with Crippen LogP contribution in [0.1, 0.15) is 23.2 Å². The van der Waals surface area contributed by atoms with E-state index in [2.05, 4.69) is 5.32 Å². The molecule has 5 nitrogen and oxygen atoms in total. The summed E-state index contributed by atoms with van der Waals surface area (Å²) in [5.74, 6) is -0.264. The molecule has 1 heterocycles. The molecule has 6 heteroatoms. The summed E-state index contributed by atoms with van der Waals surface area (Å²) in [6, 6.07) is 4.14. The van der Waals surface area contributed by atoms with Crippen LogP contribution in [0.4, 0.5) is 0 Å². The number of hydrogen-bond acceptors (Lipinski definition) is 3. The third kappa shape index (κ3) is 3.17. The number of carbonyl (C=O) groups excluding carboxylic acids is 2. The standard InChI is InChI=1S/C13H15ClN2O3/c1-16-7-8(2-5-12(16)18)15-13(19)10-6-9(17)3-4-11(10)14/h3-4,6,8,17H,2,5,7H2,1H3,(H,15,19). The Morgan fingerprint density at radius 1 is 1.53 bits per heavy atom. The van der Waals surface area contributed by atoms with Crippen LogP contribution in [-0.2, 0) is 4.79 Å². The van der Waals surface area contributed by atoms with E-state index in [0.29, 0.717) is 19.4 Å². The lowest BCUT2D eigenvalue weighted by Crippen LogP contribution is -2.48. The average molecular weight is 283 g/mol. The fraction of sp³-hybridized carbons (Fsp3) is 0.385. The predicted octanol–water partition coefficient (Wildman–Crippen LogP) is 1.40. The summed E-state index contributed by atoms with van der Waals surface area (Å²) in [6.07, 6.45) is 1.04. The van der Waals surface area contributed by atoms with Crippen LogP contribution in [-0.4, -0.2) is 41.5 Å². The first kappa shape index (κ1) is 13.7. The highest BCUT2D eigenvalue weighted by Gasteiger charge is 2.25. The van der Waals surface area contributed by atoms with Gasteiger partial charge in [-0.15, -0.1) is 0 Å². The maximum atomic E-state index is 12.1. The lowest BCUT2D eigenvalue weighted by atomic mass is 10.0. The smallest absolute Gasteiger partial charge is 0.253 e. The molecule has 0 spiro atoms. The molecule has 1 saturated heterocycles. The van der Waals surface area contributed by atoms with E-state index in [9.17, 15) is 14.7 Å². The van der Waals surface area contributed by atoms with Crippen LogP contribution in [0.2, 0.25) is 5.02 Å². The molecule has 1 aliphatic heterocycles. The van der Waals surface area contributed by atoms with Crippen molar-refractivity contribution in [1.82, 2.24) is 10.2 Å². The van der Waals surface area contributed by atoms with Gasteiger partial charge in [0.2, 0.25) is 5.91 Å². The third-order valence-corrected chi connectivity index (χ3v) is 3.49. The van der Waals surface area contributed by atoms with E-state index in [1.54, 1.807) is 11.9 Å². The normalized spacial score (nSPS) is 19.4. The molecule has 2 amide bonds. The first-order valence-corrected chi connectivity index (χ1v) is 6.38. The summed E-state index contributed by atoms with van der Waals surface area (Å²) in [7, 11) is 1.71. The van der Waals surface area contributed by atoms with E-state index in [-0.39, 0.29) is 34.2 Å². The molecular formula is C13H15ClN2O3. The minimum Gasteiger partial charge on any atom is -0.508 e. The second-order valence-corrected chi connectivity index (χ2v) is 5.05. The van der Waals surface area contributed by atoms with Crippen LogP contribution in [0.5, 0.6) is 5.75 Å². The number of nitrogens with zero attached hydrogens (tertiary/aromatic N) is 1. The number of carbonyl (C=O) groups is 2. The molecule has 102 valence electrons. The van der Waals surface area contributed by atoms with Crippen molar-refractivity contribution in [2.24, 2.45) is 0 Å². The number of benzene rings is 1. The average Bonchev–Trinajstić information content (AvgIpc) is 2.36. The number of phenolic OH excluding ortho intramolecular Hbond substituents is 1. The number of aromatic hydroxyl groups is 1. The van der Waals surface area contributed by atoms with Gasteiger partial charge in [-0.05, 0) is 24.6 Å². The van der Waals surface area contributed by atoms with Crippen molar-refractivity contribution in [3.63, 3.8) is 0 Å². The predicted molar refractivity (Wildman–Crippen MR) is 71.2 cm³/mol. The minimum atomic E-state index is -0.339. The third-order valence-electron chi connectivity index (χ3n) is 3.16. The Labute approximate surface area is 116 Å². The number of likely N-dealkylation sites (N-methyl/N-ethyl adjacent to an activating group) is 1. The lowest BCUT2D eigenvalue weighted by molar-refractivity contribution is -0.132. The first-order valence-electron chi connectivity index (χ1n) is 6.00. The molecule has 19 heavy (non-hydrogen) atoms. The van der Waals surface area contributed by atoms with Gasteiger partial charge in [-0.1, -0.05) is 11.6 Å². The molecule has 1 aliphatic rings. The van der Waals surface area contributed by atoms with E-state index >= 15 is 0 Å². The molecule has 1 atom stereocenters. The van der Waals surface area contributed by atoms with Gasteiger partial charge in [-0.2, -0.15) is 0 Å². The zero-order chi connectivity index (χ0) is 14.0. The Balaban J connectivity index is 2.05. The Bertz CT molecular complexity index is 519. The number of phenols is 1. The number of hydrogen-bond donors (Lipinski definition) is 2. The molecule has 0 radical (unpaired) electrons.